The number of nitrogens with zero attached hydrogens (tertiary/aromatic N) is 5. The number of benzene rings is 2. The smallest absolute Gasteiger partial charge is 0.407 e. The first-order valence-electron chi connectivity index (χ1n) is 15.3. The van der Waals surface area contributed by atoms with Gasteiger partial charge in [-0.2, -0.15) is 0 Å². The highest BCUT2D eigenvalue weighted by atomic mass is 35.5. The van der Waals surface area contributed by atoms with Crippen LogP contribution in [0.3, 0.4) is 0 Å². The van der Waals surface area contributed by atoms with E-state index < -0.39 is 41.5 Å². The maximum atomic E-state index is 13.8. The molecule has 0 bridgehead atoms. The summed E-state index contributed by atoms with van der Waals surface area (Å²) in [4.78, 5) is 45.5. The minimum atomic E-state index is -2.69. The number of carbonyl (C=O) groups is 2. The number of amides is 2. The fourth-order valence-corrected chi connectivity index (χ4v) is 6.70. The minimum absolute atomic E-state index is 0.0679. The van der Waals surface area contributed by atoms with E-state index in [1.165, 1.54) is 26.8 Å². The van der Waals surface area contributed by atoms with Gasteiger partial charge in [0, 0.05) is 31.7 Å². The second-order valence-electron chi connectivity index (χ2n) is 12.0. The molecule has 4 aromatic rings. The number of carboxylic acid groups (broad SMARTS) is 1. The summed E-state index contributed by atoms with van der Waals surface area (Å²) in [7, 11) is 0. The molecule has 2 atom stereocenters. The number of carbonyl (C=O) groups excluding carboxylic acids is 1. The summed E-state index contributed by atoms with van der Waals surface area (Å²) < 4.78 is 36.0. The highest BCUT2D eigenvalue weighted by Gasteiger charge is 2.36. The van der Waals surface area contributed by atoms with Gasteiger partial charge in [-0.25, -0.2) is 18.6 Å². The molecule has 0 radical (unpaired) electrons. The fraction of sp³-hybridized carbons (Fsp3) is 0.394. The third-order valence-electron chi connectivity index (χ3n) is 9.09. The predicted octanol–water partition coefficient (Wildman–Crippen LogP) is 4.68. The molecule has 2 aromatic carbocycles. The van der Waals surface area contributed by atoms with Crippen molar-refractivity contribution in [2.24, 2.45) is 0 Å². The van der Waals surface area contributed by atoms with Crippen molar-refractivity contribution in [2.75, 3.05) is 32.8 Å². The van der Waals surface area contributed by atoms with Crippen molar-refractivity contribution in [2.45, 2.75) is 49.8 Å². The van der Waals surface area contributed by atoms with E-state index in [4.69, 9.17) is 16.3 Å². The zero-order valence-electron chi connectivity index (χ0n) is 25.3. The van der Waals surface area contributed by atoms with Crippen LogP contribution in [0.5, 0.6) is 0 Å². The number of alkyl halides is 2. The Bertz CT molecular complexity index is 1810. The van der Waals surface area contributed by atoms with Crippen LogP contribution in [0.15, 0.2) is 71.8 Å². The van der Waals surface area contributed by atoms with Gasteiger partial charge in [0.2, 0.25) is 12.3 Å². The first-order valence-corrected chi connectivity index (χ1v) is 15.7. The molecule has 0 aliphatic carbocycles. The number of ether oxygens (including phenoxy) is 1. The first kappa shape index (κ1) is 32.6. The van der Waals surface area contributed by atoms with Gasteiger partial charge in [0.15, 0.2) is 5.65 Å². The summed E-state index contributed by atoms with van der Waals surface area (Å²) >= 11 is 6.57. The van der Waals surface area contributed by atoms with Crippen molar-refractivity contribution in [3.8, 4) is 5.69 Å². The lowest BCUT2D eigenvalue weighted by Crippen LogP contribution is -2.50. The van der Waals surface area contributed by atoms with Gasteiger partial charge in [-0.15, -0.1) is 0 Å². The summed E-state index contributed by atoms with van der Waals surface area (Å²) in [5, 5.41) is 21.4. The Morgan fingerprint density at radius 1 is 1.06 bits per heavy atom. The topological polar surface area (TPSA) is 130 Å². The number of hydrogen-bond donors (Lipinski definition) is 2. The Hall–Kier alpha value is -4.33. The number of morpholine rings is 1. The lowest BCUT2D eigenvalue weighted by molar-refractivity contribution is -0.137. The summed E-state index contributed by atoms with van der Waals surface area (Å²) in [5.74, 6) is -1.62. The summed E-state index contributed by atoms with van der Waals surface area (Å²) in [6, 6.07) is 16.4. The Morgan fingerprint density at radius 2 is 1.77 bits per heavy atom. The second-order valence-corrected chi connectivity index (χ2v) is 12.4. The fourth-order valence-electron chi connectivity index (χ4n) is 6.42. The molecule has 2 amide bonds. The van der Waals surface area contributed by atoms with Crippen LogP contribution in [-0.2, 0) is 16.1 Å². The van der Waals surface area contributed by atoms with E-state index in [0.717, 1.165) is 5.56 Å². The normalized spacial score (nSPS) is 18.9. The molecule has 0 saturated carbocycles. The zero-order chi connectivity index (χ0) is 33.3. The third-order valence-corrected chi connectivity index (χ3v) is 9.37. The molecule has 0 unspecified atom stereocenters. The molecule has 47 heavy (non-hydrogen) atoms. The van der Waals surface area contributed by atoms with Gasteiger partial charge in [-0.1, -0.05) is 54.1 Å². The number of likely N-dealkylation sites (tertiary alicyclic amines) is 1. The number of aliphatic hydroxyl groups is 1. The molecule has 2 N–H and O–H groups in total. The monoisotopic (exact) mass is 669 g/mol. The molecule has 0 spiro atoms. The average Bonchev–Trinajstić information content (AvgIpc) is 3.41. The van der Waals surface area contributed by atoms with Crippen molar-refractivity contribution in [3.63, 3.8) is 0 Å². The maximum absolute atomic E-state index is 13.8. The molecule has 14 heteroatoms. The van der Waals surface area contributed by atoms with Gasteiger partial charge in [-0.05, 0) is 42.2 Å². The van der Waals surface area contributed by atoms with Crippen LogP contribution >= 0.6 is 11.6 Å². The van der Waals surface area contributed by atoms with Gasteiger partial charge < -0.3 is 19.8 Å². The number of rotatable bonds is 8. The van der Waals surface area contributed by atoms with Gasteiger partial charge in [-0.3, -0.25) is 23.6 Å². The Balaban J connectivity index is 1.14. The lowest BCUT2D eigenvalue weighted by Gasteiger charge is -2.38. The van der Waals surface area contributed by atoms with Crippen LogP contribution in [0.4, 0.5) is 13.6 Å². The highest BCUT2D eigenvalue weighted by Crippen LogP contribution is 2.31. The Labute approximate surface area is 273 Å². The number of halogens is 3. The standard InChI is InChI=1S/C33H34ClF2N5O6/c34-27-16-25-30(41(27)23-8-6-22(7-9-23)26-18-47-15-14-40(26)32(44)45)37-20-39(31(25)43)19-33(46)10-12-38(13-11-33)28(42)17-24(29(35)36)21-4-2-1-3-5-21/h1-9,16,20,24,26,29,46H,10-15,17-19H2,(H,44,45)/t24-,26-/m1/s1. The highest BCUT2D eigenvalue weighted by molar-refractivity contribution is 6.31. The number of piperidine rings is 1. The van der Waals surface area contributed by atoms with Crippen LogP contribution in [-0.4, -0.2) is 91.0 Å². The molecular weight excluding hydrogens is 636 g/mol. The average molecular weight is 670 g/mol. The number of aromatic nitrogens is 3. The largest absolute Gasteiger partial charge is 0.465 e. The lowest BCUT2D eigenvalue weighted by atomic mass is 9.90. The van der Waals surface area contributed by atoms with Crippen molar-refractivity contribution in [3.05, 3.63) is 93.6 Å². The van der Waals surface area contributed by atoms with Crippen LogP contribution in [0, 0.1) is 0 Å². The predicted molar refractivity (Wildman–Crippen MR) is 169 cm³/mol. The van der Waals surface area contributed by atoms with Crippen molar-refractivity contribution < 1.29 is 33.3 Å². The summed E-state index contributed by atoms with van der Waals surface area (Å²) in [5.41, 5.74) is 0.375. The maximum Gasteiger partial charge on any atom is 0.407 e. The van der Waals surface area contributed by atoms with E-state index in [0.29, 0.717) is 23.5 Å². The van der Waals surface area contributed by atoms with Crippen molar-refractivity contribution in [1.82, 2.24) is 23.9 Å². The van der Waals surface area contributed by atoms with E-state index in [1.54, 1.807) is 59.2 Å². The molecule has 4 heterocycles. The van der Waals surface area contributed by atoms with Crippen molar-refractivity contribution >= 4 is 34.6 Å². The van der Waals surface area contributed by atoms with Crippen LogP contribution in [0.1, 0.15) is 42.3 Å². The zero-order valence-corrected chi connectivity index (χ0v) is 26.1. The third kappa shape index (κ3) is 6.74. The van der Waals surface area contributed by atoms with E-state index in [9.17, 15) is 33.4 Å². The molecule has 2 aromatic heterocycles. The van der Waals surface area contributed by atoms with Gasteiger partial charge in [0.05, 0.1) is 42.7 Å². The van der Waals surface area contributed by atoms with E-state index in [1.807, 2.05) is 0 Å². The van der Waals surface area contributed by atoms with Crippen LogP contribution in [0.2, 0.25) is 5.15 Å². The van der Waals surface area contributed by atoms with Crippen molar-refractivity contribution in [1.29, 1.82) is 0 Å². The molecule has 248 valence electrons. The molecule has 2 aliphatic rings. The van der Waals surface area contributed by atoms with E-state index in [2.05, 4.69) is 4.98 Å². The molecule has 2 aliphatic heterocycles. The van der Waals surface area contributed by atoms with Gasteiger partial charge in [0.25, 0.3) is 5.56 Å². The molecular formula is C33H34ClF2N5O6. The van der Waals surface area contributed by atoms with E-state index >= 15 is 0 Å². The second kappa shape index (κ2) is 13.4. The molecule has 6 rings (SSSR count). The number of hydrogen-bond acceptors (Lipinski definition) is 6. The van der Waals surface area contributed by atoms with E-state index in [-0.39, 0.29) is 62.6 Å². The SMILES string of the molecule is O=C(C[C@H](c1ccccc1)C(F)F)N1CCC(O)(Cn2cnc3c(cc(Cl)n3-c3ccc([C@H]4COCCN4C(=O)O)cc3)c2=O)CC1. The Kier molecular flexibility index (Phi) is 9.31. The van der Waals surface area contributed by atoms with Crippen LogP contribution < -0.4 is 5.56 Å². The van der Waals surface area contributed by atoms with Gasteiger partial charge >= 0.3 is 6.09 Å². The Morgan fingerprint density at radius 3 is 2.43 bits per heavy atom. The number of fused-ring (bicyclic) bond motifs is 1. The van der Waals surface area contributed by atoms with Gasteiger partial charge in [0.1, 0.15) is 11.5 Å². The summed E-state index contributed by atoms with van der Waals surface area (Å²) in [6.45, 7) is 1.12. The quantitative estimate of drug-likeness (QED) is 0.279. The molecule has 2 fully saturated rings. The molecule has 2 saturated heterocycles. The van der Waals surface area contributed by atoms with Crippen LogP contribution in [0.25, 0.3) is 16.7 Å². The first-order chi connectivity index (χ1) is 22.5. The minimum Gasteiger partial charge on any atom is -0.465 e. The summed E-state index contributed by atoms with van der Waals surface area (Å²) in [6.07, 6.45) is -2.38. The molecule has 11 nitrogen and oxygen atoms in total.